The van der Waals surface area contributed by atoms with E-state index in [0.717, 1.165) is 0 Å². The lowest BCUT2D eigenvalue weighted by atomic mass is 11.0. The van der Waals surface area contributed by atoms with E-state index in [1.165, 1.54) is 12.7 Å². The summed E-state index contributed by atoms with van der Waals surface area (Å²) >= 11 is 0. The van der Waals surface area contributed by atoms with Gasteiger partial charge < -0.3 is 0 Å². The van der Waals surface area contributed by atoms with E-state index in [-0.39, 0.29) is 11.9 Å². The van der Waals surface area contributed by atoms with Gasteiger partial charge >= 0.3 is 0 Å². The second-order valence-electron chi connectivity index (χ2n) is 1.80. The molecule has 0 aliphatic rings. The van der Waals surface area contributed by atoms with E-state index >= 15 is 0 Å². The zero-order valence-corrected chi connectivity index (χ0v) is 5.84. The summed E-state index contributed by atoms with van der Waals surface area (Å²) in [6.07, 6.45) is 2.82. The van der Waals surface area contributed by atoms with Crippen LogP contribution in [0.5, 0.6) is 0 Å². The first-order chi connectivity index (χ1) is 5.95. The number of H-pyrrole nitrogens is 2. The Hall–Kier alpha value is -2.12. The maximum Gasteiger partial charge on any atom is 0.287 e. The van der Waals surface area contributed by atoms with Crippen molar-refractivity contribution in [1.82, 2.24) is 30.4 Å². The van der Waals surface area contributed by atoms with Gasteiger partial charge in [0.15, 0.2) is 0 Å². The molecule has 0 spiro atoms. The van der Waals surface area contributed by atoms with Gasteiger partial charge in [-0.1, -0.05) is 0 Å². The fourth-order valence-electron chi connectivity index (χ4n) is 0.590. The van der Waals surface area contributed by atoms with Gasteiger partial charge in [-0.25, -0.2) is 0 Å². The molecule has 2 heterocycles. The van der Waals surface area contributed by atoms with Gasteiger partial charge in [-0.05, 0) is 0 Å². The molecule has 2 aromatic rings. The summed E-state index contributed by atoms with van der Waals surface area (Å²) < 4.78 is 0. The summed E-state index contributed by atoms with van der Waals surface area (Å²) in [5.74, 6) is 0.500. The van der Waals surface area contributed by atoms with Crippen LogP contribution in [-0.2, 0) is 0 Å². The second kappa shape index (κ2) is 2.86. The van der Waals surface area contributed by atoms with Crippen molar-refractivity contribution in [2.75, 3.05) is 0 Å². The molecule has 2 rings (SSSR count). The van der Waals surface area contributed by atoms with Crippen molar-refractivity contribution in [2.24, 2.45) is 10.2 Å². The van der Waals surface area contributed by atoms with Gasteiger partial charge in [0.1, 0.15) is 12.7 Å². The average Bonchev–Trinajstić information content (AvgIpc) is 2.74. The molecule has 0 saturated carbocycles. The summed E-state index contributed by atoms with van der Waals surface area (Å²) in [4.78, 5) is 7.45. The number of nitrogens with one attached hydrogen (secondary N) is 2. The van der Waals surface area contributed by atoms with E-state index in [0.29, 0.717) is 0 Å². The molecule has 0 aliphatic carbocycles. The van der Waals surface area contributed by atoms with Gasteiger partial charge in [-0.2, -0.15) is 9.97 Å². The van der Waals surface area contributed by atoms with Crippen LogP contribution in [0.2, 0.25) is 0 Å². The van der Waals surface area contributed by atoms with Gasteiger partial charge in [0.05, 0.1) is 0 Å². The molecule has 0 saturated heterocycles. The number of azo groups is 1. The molecule has 0 amide bonds. The number of rotatable bonds is 2. The molecule has 0 aromatic carbocycles. The molecule has 8 heteroatoms. The van der Waals surface area contributed by atoms with E-state index in [1.807, 2.05) is 0 Å². The van der Waals surface area contributed by atoms with Gasteiger partial charge in [-0.15, -0.1) is 20.4 Å². The number of hydrogen-bond donors (Lipinski definition) is 2. The first-order valence-corrected chi connectivity index (χ1v) is 3.08. The molecule has 2 N–H and O–H groups in total. The molecule has 0 aliphatic heterocycles. The van der Waals surface area contributed by atoms with Crippen molar-refractivity contribution >= 4 is 11.9 Å². The summed E-state index contributed by atoms with van der Waals surface area (Å²) in [6.45, 7) is 0. The molecule has 0 unspecified atom stereocenters. The fourth-order valence-corrected chi connectivity index (χ4v) is 0.590. The van der Waals surface area contributed by atoms with Crippen LogP contribution in [0.25, 0.3) is 0 Å². The summed E-state index contributed by atoms with van der Waals surface area (Å²) in [7, 11) is 0. The number of nitrogens with zero attached hydrogens (tertiary/aromatic N) is 6. The predicted molar refractivity (Wildman–Crippen MR) is 36.9 cm³/mol. The maximum atomic E-state index is 3.72. The number of aromatic nitrogens is 6. The number of hydrogen-bond acceptors (Lipinski definition) is 6. The Morgan fingerprint density at radius 3 is 1.75 bits per heavy atom. The molecule has 8 nitrogen and oxygen atoms in total. The molecule has 0 atom stereocenters. The van der Waals surface area contributed by atoms with Gasteiger partial charge in [0.2, 0.25) is 0 Å². The van der Waals surface area contributed by atoms with Crippen LogP contribution < -0.4 is 0 Å². The molecule has 60 valence electrons. The van der Waals surface area contributed by atoms with Crippen LogP contribution in [0.1, 0.15) is 0 Å². The van der Waals surface area contributed by atoms with Crippen LogP contribution in [0.15, 0.2) is 22.9 Å². The zero-order chi connectivity index (χ0) is 8.23. The molecular formula is C4H4N8. The maximum absolute atomic E-state index is 3.72. The zero-order valence-electron chi connectivity index (χ0n) is 5.84. The number of aromatic amines is 2. The molecule has 2 aromatic heterocycles. The minimum atomic E-state index is 0.250. The largest absolute Gasteiger partial charge is 0.287 e. The Labute approximate surface area is 66.2 Å². The topological polar surface area (TPSA) is 108 Å². The second-order valence-corrected chi connectivity index (χ2v) is 1.80. The lowest BCUT2D eigenvalue weighted by molar-refractivity contribution is 1.01. The quantitative estimate of drug-likeness (QED) is 0.623. The van der Waals surface area contributed by atoms with Crippen LogP contribution in [-0.4, -0.2) is 30.4 Å². The third-order valence-electron chi connectivity index (χ3n) is 1.03. The van der Waals surface area contributed by atoms with Gasteiger partial charge in [-0.3, -0.25) is 10.2 Å². The van der Waals surface area contributed by atoms with Crippen molar-refractivity contribution in [3.63, 3.8) is 0 Å². The third-order valence-corrected chi connectivity index (χ3v) is 1.03. The van der Waals surface area contributed by atoms with Crippen LogP contribution >= 0.6 is 0 Å². The molecule has 0 radical (unpaired) electrons. The third kappa shape index (κ3) is 1.31. The van der Waals surface area contributed by atoms with Gasteiger partial charge in [0.25, 0.3) is 11.9 Å². The van der Waals surface area contributed by atoms with E-state index in [9.17, 15) is 0 Å². The van der Waals surface area contributed by atoms with Crippen LogP contribution in [0, 0.1) is 0 Å². The Morgan fingerprint density at radius 1 is 0.917 bits per heavy atom. The minimum Gasteiger partial charge on any atom is -0.264 e. The van der Waals surface area contributed by atoms with E-state index in [1.54, 1.807) is 0 Å². The fraction of sp³-hybridized carbons (Fsp3) is 0. The van der Waals surface area contributed by atoms with Crippen molar-refractivity contribution in [3.05, 3.63) is 12.7 Å². The molecule has 0 bridgehead atoms. The summed E-state index contributed by atoms with van der Waals surface area (Å²) in [6, 6.07) is 0. The van der Waals surface area contributed by atoms with E-state index < -0.39 is 0 Å². The van der Waals surface area contributed by atoms with E-state index in [4.69, 9.17) is 0 Å². The average molecular weight is 164 g/mol. The lowest BCUT2D eigenvalue weighted by Gasteiger charge is -1.76. The highest BCUT2D eigenvalue weighted by Gasteiger charge is 1.93. The standard InChI is InChI=1S/C4H4N8/c1-5-3(9-7-1)11-12-4-6-2-8-10-4/h1-2H,(H,5,7,9)(H,6,8,10). The SMILES string of the molecule is c1nc(N=Nc2nc[nH]n2)n[nH]1. The first-order valence-electron chi connectivity index (χ1n) is 3.08. The predicted octanol–water partition coefficient (Wildman–Crippen LogP) is 0.338. The minimum absolute atomic E-state index is 0.250. The van der Waals surface area contributed by atoms with Crippen LogP contribution in [0.4, 0.5) is 11.9 Å². The van der Waals surface area contributed by atoms with Crippen molar-refractivity contribution in [1.29, 1.82) is 0 Å². The normalized spacial score (nSPS) is 11.0. The highest BCUT2D eigenvalue weighted by Crippen LogP contribution is 2.05. The first kappa shape index (κ1) is 6.58. The highest BCUT2D eigenvalue weighted by molar-refractivity contribution is 5.12. The summed E-state index contributed by atoms with van der Waals surface area (Å²) in [5, 5.41) is 19.6. The van der Waals surface area contributed by atoms with Crippen molar-refractivity contribution < 1.29 is 0 Å². The van der Waals surface area contributed by atoms with Gasteiger partial charge in [0, 0.05) is 0 Å². The van der Waals surface area contributed by atoms with Crippen molar-refractivity contribution in [3.8, 4) is 0 Å². The summed E-state index contributed by atoms with van der Waals surface area (Å²) in [5.41, 5.74) is 0. The monoisotopic (exact) mass is 164 g/mol. The van der Waals surface area contributed by atoms with Crippen LogP contribution in [0.3, 0.4) is 0 Å². The molecule has 12 heavy (non-hydrogen) atoms. The smallest absolute Gasteiger partial charge is 0.264 e. The molecule has 0 fully saturated rings. The lowest BCUT2D eigenvalue weighted by Crippen LogP contribution is -1.67. The Bertz CT molecular complexity index is 308. The Morgan fingerprint density at radius 2 is 1.42 bits per heavy atom. The Balaban J connectivity index is 2.14. The van der Waals surface area contributed by atoms with E-state index in [2.05, 4.69) is 40.6 Å². The molecular weight excluding hydrogens is 160 g/mol. The van der Waals surface area contributed by atoms with Crippen molar-refractivity contribution in [2.45, 2.75) is 0 Å². The Kier molecular flexibility index (Phi) is 1.57. The highest BCUT2D eigenvalue weighted by atomic mass is 15.4.